The largest absolute Gasteiger partial charge is 0.481 e. The van der Waals surface area contributed by atoms with Crippen LogP contribution in [0.3, 0.4) is 0 Å². The summed E-state index contributed by atoms with van der Waals surface area (Å²) in [6.45, 7) is 2.26. The third-order valence-electron chi connectivity index (χ3n) is 3.02. The first kappa shape index (κ1) is 14.8. The number of carbonyl (C=O) groups is 1. The molecule has 0 bridgehead atoms. The van der Waals surface area contributed by atoms with Gasteiger partial charge in [-0.3, -0.25) is 4.79 Å². The van der Waals surface area contributed by atoms with Gasteiger partial charge in [-0.1, -0.05) is 34.5 Å². The first-order chi connectivity index (χ1) is 9.49. The number of halogens is 2. The molecule has 0 aliphatic heterocycles. The van der Waals surface area contributed by atoms with Crippen molar-refractivity contribution in [2.75, 3.05) is 0 Å². The van der Waals surface area contributed by atoms with E-state index >= 15 is 0 Å². The molecule has 0 saturated carbocycles. The number of aryl methyl sites for hydroxylation is 1. The summed E-state index contributed by atoms with van der Waals surface area (Å²) in [6, 6.07) is 5.31. The van der Waals surface area contributed by atoms with Crippen LogP contribution in [0.4, 0.5) is 0 Å². The van der Waals surface area contributed by atoms with Crippen LogP contribution >= 0.6 is 23.2 Å². The van der Waals surface area contributed by atoms with Gasteiger partial charge in [0.1, 0.15) is 0 Å². The van der Waals surface area contributed by atoms with Crippen LogP contribution < -0.4 is 0 Å². The van der Waals surface area contributed by atoms with E-state index in [9.17, 15) is 4.79 Å². The van der Waals surface area contributed by atoms with Gasteiger partial charge in [-0.2, -0.15) is 0 Å². The predicted molar refractivity (Wildman–Crippen MR) is 76.3 cm³/mol. The van der Waals surface area contributed by atoms with Crippen LogP contribution in [-0.4, -0.2) is 26.1 Å². The van der Waals surface area contributed by atoms with Crippen LogP contribution in [0, 0.1) is 6.92 Å². The average Bonchev–Trinajstić information content (AvgIpc) is 2.73. The summed E-state index contributed by atoms with van der Waals surface area (Å²) < 4.78 is 1.67. The summed E-state index contributed by atoms with van der Waals surface area (Å²) in [7, 11) is 0. The summed E-state index contributed by atoms with van der Waals surface area (Å²) in [5, 5.41) is 17.9. The molecule has 20 heavy (non-hydrogen) atoms. The Labute approximate surface area is 126 Å². The predicted octanol–water partition coefficient (Wildman–Crippen LogP) is 2.96. The number of nitrogens with zero attached hydrogens (tertiary/aromatic N) is 3. The SMILES string of the molecule is Cc1c(CCC(=O)O)nnn1Cc1c(Cl)cccc1Cl. The maximum absolute atomic E-state index is 10.6. The Bertz CT molecular complexity index is 620. The van der Waals surface area contributed by atoms with Crippen molar-refractivity contribution >= 4 is 29.2 Å². The number of benzene rings is 1. The van der Waals surface area contributed by atoms with Crippen molar-refractivity contribution in [1.82, 2.24) is 15.0 Å². The topological polar surface area (TPSA) is 68.0 Å². The van der Waals surface area contributed by atoms with Crippen molar-refractivity contribution in [2.24, 2.45) is 0 Å². The third kappa shape index (κ3) is 3.29. The summed E-state index contributed by atoms with van der Waals surface area (Å²) in [6.07, 6.45) is 0.393. The Hall–Kier alpha value is -1.59. The molecule has 0 saturated heterocycles. The molecule has 1 aromatic heterocycles. The lowest BCUT2D eigenvalue weighted by atomic mass is 10.2. The molecule has 0 aliphatic rings. The summed E-state index contributed by atoms with van der Waals surface area (Å²) in [5.41, 5.74) is 2.27. The lowest BCUT2D eigenvalue weighted by Crippen LogP contribution is -2.06. The van der Waals surface area contributed by atoms with Gasteiger partial charge in [0.25, 0.3) is 0 Å². The Morgan fingerprint density at radius 3 is 2.60 bits per heavy atom. The van der Waals surface area contributed by atoms with E-state index in [-0.39, 0.29) is 6.42 Å². The van der Waals surface area contributed by atoms with Crippen LogP contribution in [0.1, 0.15) is 23.4 Å². The van der Waals surface area contributed by atoms with E-state index in [0.29, 0.717) is 28.7 Å². The van der Waals surface area contributed by atoms with Crippen molar-refractivity contribution < 1.29 is 9.90 Å². The molecule has 0 unspecified atom stereocenters. The van der Waals surface area contributed by atoms with Gasteiger partial charge in [0, 0.05) is 22.0 Å². The highest BCUT2D eigenvalue weighted by atomic mass is 35.5. The Balaban J connectivity index is 2.20. The van der Waals surface area contributed by atoms with Gasteiger partial charge in [0.15, 0.2) is 0 Å². The van der Waals surface area contributed by atoms with E-state index in [4.69, 9.17) is 28.3 Å². The molecule has 5 nitrogen and oxygen atoms in total. The molecule has 7 heteroatoms. The van der Waals surface area contributed by atoms with Crippen molar-refractivity contribution in [3.05, 3.63) is 45.2 Å². The van der Waals surface area contributed by atoms with E-state index in [1.807, 2.05) is 6.92 Å². The van der Waals surface area contributed by atoms with Crippen LogP contribution in [0.2, 0.25) is 10.0 Å². The standard InChI is InChI=1S/C13H13Cl2N3O2/c1-8-12(5-6-13(19)20)16-17-18(8)7-9-10(14)3-2-4-11(9)15/h2-4H,5-7H2,1H3,(H,19,20). The normalized spacial score (nSPS) is 10.8. The molecular formula is C13H13Cl2N3O2. The van der Waals surface area contributed by atoms with E-state index in [1.54, 1.807) is 22.9 Å². The average molecular weight is 314 g/mol. The van der Waals surface area contributed by atoms with Crippen LogP contribution in [-0.2, 0) is 17.8 Å². The number of aliphatic carboxylic acids is 1. The summed E-state index contributed by atoms with van der Waals surface area (Å²) in [4.78, 5) is 10.6. The maximum atomic E-state index is 10.6. The minimum atomic E-state index is -0.854. The zero-order chi connectivity index (χ0) is 14.7. The number of rotatable bonds is 5. The van der Waals surface area contributed by atoms with Gasteiger partial charge in [-0.25, -0.2) is 4.68 Å². The monoisotopic (exact) mass is 313 g/mol. The minimum absolute atomic E-state index is 0.0341. The van der Waals surface area contributed by atoms with Crippen molar-refractivity contribution in [3.63, 3.8) is 0 Å². The Morgan fingerprint density at radius 2 is 2.00 bits per heavy atom. The smallest absolute Gasteiger partial charge is 0.303 e. The Morgan fingerprint density at radius 1 is 1.35 bits per heavy atom. The molecular weight excluding hydrogens is 301 g/mol. The summed E-state index contributed by atoms with van der Waals surface area (Å²) in [5.74, 6) is -0.854. The van der Waals surface area contributed by atoms with Gasteiger partial charge < -0.3 is 5.11 Å². The van der Waals surface area contributed by atoms with Gasteiger partial charge >= 0.3 is 5.97 Å². The molecule has 0 spiro atoms. The molecule has 2 rings (SSSR count). The van der Waals surface area contributed by atoms with Gasteiger partial charge in [-0.05, 0) is 19.1 Å². The molecule has 0 fully saturated rings. The molecule has 0 atom stereocenters. The van der Waals surface area contributed by atoms with Crippen LogP contribution in [0.15, 0.2) is 18.2 Å². The molecule has 106 valence electrons. The van der Waals surface area contributed by atoms with E-state index in [2.05, 4.69) is 10.3 Å². The van der Waals surface area contributed by atoms with Crippen molar-refractivity contribution in [3.8, 4) is 0 Å². The molecule has 2 aromatic rings. The zero-order valence-corrected chi connectivity index (χ0v) is 12.3. The van der Waals surface area contributed by atoms with E-state index in [0.717, 1.165) is 11.3 Å². The molecule has 1 heterocycles. The maximum Gasteiger partial charge on any atom is 0.303 e. The third-order valence-corrected chi connectivity index (χ3v) is 3.73. The molecule has 0 aliphatic carbocycles. The van der Waals surface area contributed by atoms with Crippen LogP contribution in [0.25, 0.3) is 0 Å². The molecule has 0 amide bonds. The number of hydrogen-bond acceptors (Lipinski definition) is 3. The second kappa shape index (κ2) is 6.24. The van der Waals surface area contributed by atoms with Gasteiger partial charge in [0.05, 0.1) is 24.4 Å². The zero-order valence-electron chi connectivity index (χ0n) is 10.8. The fourth-order valence-corrected chi connectivity index (χ4v) is 2.35. The quantitative estimate of drug-likeness (QED) is 0.921. The second-order valence-electron chi connectivity index (χ2n) is 4.37. The van der Waals surface area contributed by atoms with Crippen LogP contribution in [0.5, 0.6) is 0 Å². The highest BCUT2D eigenvalue weighted by Gasteiger charge is 2.13. The number of hydrogen-bond donors (Lipinski definition) is 1. The van der Waals surface area contributed by atoms with Gasteiger partial charge in [0.2, 0.25) is 0 Å². The second-order valence-corrected chi connectivity index (χ2v) is 5.19. The first-order valence-electron chi connectivity index (χ1n) is 6.02. The minimum Gasteiger partial charge on any atom is -0.481 e. The molecule has 1 N–H and O–H groups in total. The highest BCUT2D eigenvalue weighted by Crippen LogP contribution is 2.25. The number of carboxylic acids is 1. The Kier molecular flexibility index (Phi) is 4.62. The lowest BCUT2D eigenvalue weighted by Gasteiger charge is -2.08. The highest BCUT2D eigenvalue weighted by molar-refractivity contribution is 6.35. The first-order valence-corrected chi connectivity index (χ1v) is 6.78. The molecule has 0 radical (unpaired) electrons. The van der Waals surface area contributed by atoms with E-state index < -0.39 is 5.97 Å². The summed E-state index contributed by atoms with van der Waals surface area (Å²) >= 11 is 12.2. The van der Waals surface area contributed by atoms with Crippen molar-refractivity contribution in [1.29, 1.82) is 0 Å². The number of carboxylic acid groups (broad SMARTS) is 1. The van der Waals surface area contributed by atoms with E-state index in [1.165, 1.54) is 0 Å². The molecule has 1 aromatic carbocycles. The lowest BCUT2D eigenvalue weighted by molar-refractivity contribution is -0.136. The van der Waals surface area contributed by atoms with Crippen molar-refractivity contribution in [2.45, 2.75) is 26.3 Å². The fraction of sp³-hybridized carbons (Fsp3) is 0.308. The van der Waals surface area contributed by atoms with Gasteiger partial charge in [-0.15, -0.1) is 5.10 Å². The fourth-order valence-electron chi connectivity index (χ4n) is 1.84. The number of aromatic nitrogens is 3.